The van der Waals surface area contributed by atoms with Crippen molar-refractivity contribution in [3.8, 4) is 16.3 Å². The van der Waals surface area contributed by atoms with Crippen LogP contribution in [0.1, 0.15) is 11.3 Å². The Morgan fingerprint density at radius 2 is 2.16 bits per heavy atom. The van der Waals surface area contributed by atoms with Crippen LogP contribution >= 0.6 is 22.7 Å². The number of carbonyl (C=O) groups excluding carboxylic acids is 1. The topological polar surface area (TPSA) is 42.4 Å². The number of hydrogen-bond donors (Lipinski definition) is 0. The van der Waals surface area contributed by atoms with E-state index >= 15 is 0 Å². The van der Waals surface area contributed by atoms with Gasteiger partial charge in [-0.2, -0.15) is 11.3 Å². The number of nitrogens with zero attached hydrogens (tertiary/aromatic N) is 2. The molecule has 0 radical (unpaired) electrons. The molecule has 0 fully saturated rings. The first-order valence-corrected chi connectivity index (χ1v) is 9.84. The van der Waals surface area contributed by atoms with Gasteiger partial charge in [-0.1, -0.05) is 12.1 Å². The van der Waals surface area contributed by atoms with E-state index in [1.54, 1.807) is 34.6 Å². The van der Waals surface area contributed by atoms with Crippen LogP contribution in [-0.4, -0.2) is 36.0 Å². The summed E-state index contributed by atoms with van der Waals surface area (Å²) in [5, 5.41) is 7.03. The Balaban J connectivity index is 1.47. The SMILES string of the molecule is Cc1cccc(OCCN(C)C(=O)Cc2csc(-c3ccsc3)n2)c1. The van der Waals surface area contributed by atoms with Crippen LogP contribution in [0.4, 0.5) is 0 Å². The van der Waals surface area contributed by atoms with E-state index in [0.29, 0.717) is 19.6 Å². The van der Waals surface area contributed by atoms with E-state index in [-0.39, 0.29) is 5.91 Å². The molecule has 0 aliphatic rings. The average Bonchev–Trinajstić information content (AvgIpc) is 3.26. The zero-order valence-corrected chi connectivity index (χ0v) is 15.9. The molecule has 0 aliphatic carbocycles. The number of hydrogen-bond acceptors (Lipinski definition) is 5. The molecule has 130 valence electrons. The predicted molar refractivity (Wildman–Crippen MR) is 103 cm³/mol. The Morgan fingerprint density at radius 3 is 2.92 bits per heavy atom. The molecule has 1 aromatic carbocycles. The quantitative estimate of drug-likeness (QED) is 0.622. The largest absolute Gasteiger partial charge is 0.492 e. The summed E-state index contributed by atoms with van der Waals surface area (Å²) in [5.41, 5.74) is 3.10. The Morgan fingerprint density at radius 1 is 1.28 bits per heavy atom. The maximum absolute atomic E-state index is 12.3. The fraction of sp³-hybridized carbons (Fsp3) is 0.263. The maximum atomic E-state index is 12.3. The average molecular weight is 373 g/mol. The fourth-order valence-corrected chi connectivity index (χ4v) is 3.86. The standard InChI is InChI=1S/C19H20N2O2S2/c1-14-4-3-5-17(10-14)23-8-7-21(2)18(22)11-16-13-25-19(20-16)15-6-9-24-12-15/h3-6,9-10,12-13H,7-8,11H2,1-2H3. The maximum Gasteiger partial charge on any atom is 0.228 e. The molecule has 1 amide bonds. The van der Waals surface area contributed by atoms with Crippen molar-refractivity contribution in [1.82, 2.24) is 9.88 Å². The summed E-state index contributed by atoms with van der Waals surface area (Å²) in [4.78, 5) is 18.6. The number of ether oxygens (including phenoxy) is 1. The monoisotopic (exact) mass is 372 g/mol. The minimum Gasteiger partial charge on any atom is -0.492 e. The predicted octanol–water partition coefficient (Wildman–Crippen LogP) is 4.26. The highest BCUT2D eigenvalue weighted by atomic mass is 32.1. The van der Waals surface area contributed by atoms with Gasteiger partial charge in [0, 0.05) is 23.4 Å². The van der Waals surface area contributed by atoms with Crippen molar-refractivity contribution in [1.29, 1.82) is 0 Å². The number of likely N-dealkylation sites (N-methyl/N-ethyl adjacent to an activating group) is 1. The second kappa shape index (κ2) is 8.27. The van der Waals surface area contributed by atoms with Gasteiger partial charge in [-0.3, -0.25) is 4.79 Å². The van der Waals surface area contributed by atoms with Crippen LogP contribution in [0.2, 0.25) is 0 Å². The van der Waals surface area contributed by atoms with Gasteiger partial charge < -0.3 is 9.64 Å². The molecule has 0 atom stereocenters. The molecule has 2 heterocycles. The van der Waals surface area contributed by atoms with Crippen molar-refractivity contribution in [3.63, 3.8) is 0 Å². The second-order valence-corrected chi connectivity index (χ2v) is 7.45. The van der Waals surface area contributed by atoms with Gasteiger partial charge in [-0.15, -0.1) is 11.3 Å². The van der Waals surface area contributed by atoms with Gasteiger partial charge in [0.2, 0.25) is 5.91 Å². The molecule has 3 rings (SSSR count). The summed E-state index contributed by atoms with van der Waals surface area (Å²) in [5.74, 6) is 0.885. The fourth-order valence-electron chi connectivity index (χ4n) is 2.33. The molecule has 0 saturated heterocycles. The van der Waals surface area contributed by atoms with Gasteiger partial charge in [0.15, 0.2) is 0 Å². The minimum atomic E-state index is 0.0509. The first kappa shape index (κ1) is 17.6. The number of carbonyl (C=O) groups is 1. The molecule has 0 bridgehead atoms. The van der Waals surface area contributed by atoms with Gasteiger partial charge in [0.05, 0.1) is 18.7 Å². The molecule has 0 unspecified atom stereocenters. The van der Waals surface area contributed by atoms with Crippen LogP contribution in [0.5, 0.6) is 5.75 Å². The smallest absolute Gasteiger partial charge is 0.228 e. The highest BCUT2D eigenvalue weighted by Crippen LogP contribution is 2.25. The van der Waals surface area contributed by atoms with Crippen molar-refractivity contribution < 1.29 is 9.53 Å². The first-order chi connectivity index (χ1) is 12.1. The molecule has 0 N–H and O–H groups in total. The van der Waals surface area contributed by atoms with E-state index < -0.39 is 0 Å². The molecule has 0 saturated carbocycles. The van der Waals surface area contributed by atoms with Gasteiger partial charge >= 0.3 is 0 Å². The summed E-state index contributed by atoms with van der Waals surface area (Å²) in [6.07, 6.45) is 0.321. The van der Waals surface area contributed by atoms with Gasteiger partial charge in [0.1, 0.15) is 17.4 Å². The Bertz CT molecular complexity index is 828. The van der Waals surface area contributed by atoms with Crippen molar-refractivity contribution in [2.75, 3.05) is 20.2 Å². The summed E-state index contributed by atoms with van der Waals surface area (Å²) in [7, 11) is 1.80. The lowest BCUT2D eigenvalue weighted by atomic mass is 10.2. The van der Waals surface area contributed by atoms with Gasteiger partial charge in [-0.05, 0) is 36.1 Å². The number of aromatic nitrogens is 1. The Labute approximate surface area is 155 Å². The normalized spacial score (nSPS) is 10.6. The lowest BCUT2D eigenvalue weighted by Gasteiger charge is -2.17. The Hall–Kier alpha value is -2.18. The molecule has 0 spiro atoms. The molecule has 25 heavy (non-hydrogen) atoms. The third kappa shape index (κ3) is 4.90. The highest BCUT2D eigenvalue weighted by molar-refractivity contribution is 7.14. The third-order valence-corrected chi connectivity index (χ3v) is 5.39. The molecule has 6 heteroatoms. The lowest BCUT2D eigenvalue weighted by Crippen LogP contribution is -2.32. The molecule has 3 aromatic rings. The zero-order chi connectivity index (χ0) is 17.6. The Kier molecular flexibility index (Phi) is 5.83. The second-order valence-electron chi connectivity index (χ2n) is 5.81. The number of thiophene rings is 1. The summed E-state index contributed by atoms with van der Waals surface area (Å²) >= 11 is 3.23. The van der Waals surface area contributed by atoms with Gasteiger partial charge in [-0.25, -0.2) is 4.98 Å². The molecule has 4 nitrogen and oxygen atoms in total. The molecule has 2 aromatic heterocycles. The summed E-state index contributed by atoms with van der Waals surface area (Å²) in [6.45, 7) is 3.05. The van der Waals surface area contributed by atoms with Crippen molar-refractivity contribution in [2.24, 2.45) is 0 Å². The van der Waals surface area contributed by atoms with Crippen molar-refractivity contribution in [3.05, 3.63) is 57.7 Å². The number of aryl methyl sites for hydroxylation is 1. The van der Waals surface area contributed by atoms with Crippen LogP contribution in [0, 0.1) is 6.92 Å². The highest BCUT2D eigenvalue weighted by Gasteiger charge is 2.13. The summed E-state index contributed by atoms with van der Waals surface area (Å²) < 4.78 is 5.70. The third-order valence-electron chi connectivity index (χ3n) is 3.76. The van der Waals surface area contributed by atoms with Crippen LogP contribution in [0.25, 0.3) is 10.6 Å². The summed E-state index contributed by atoms with van der Waals surface area (Å²) in [6, 6.07) is 9.95. The molecule has 0 aliphatic heterocycles. The number of thiazole rings is 1. The number of benzene rings is 1. The van der Waals surface area contributed by atoms with E-state index in [9.17, 15) is 4.79 Å². The van der Waals surface area contributed by atoms with E-state index in [1.165, 1.54) is 0 Å². The number of rotatable bonds is 7. The van der Waals surface area contributed by atoms with Crippen LogP contribution in [0.3, 0.4) is 0 Å². The van der Waals surface area contributed by atoms with E-state index in [2.05, 4.69) is 10.4 Å². The van der Waals surface area contributed by atoms with Crippen LogP contribution < -0.4 is 4.74 Å². The van der Waals surface area contributed by atoms with Crippen molar-refractivity contribution >= 4 is 28.6 Å². The van der Waals surface area contributed by atoms with E-state index in [0.717, 1.165) is 27.6 Å². The molecular formula is C19H20N2O2S2. The van der Waals surface area contributed by atoms with E-state index in [4.69, 9.17) is 4.74 Å². The van der Waals surface area contributed by atoms with E-state index in [1.807, 2.05) is 48.0 Å². The van der Waals surface area contributed by atoms with Crippen LogP contribution in [0.15, 0.2) is 46.5 Å². The van der Waals surface area contributed by atoms with Crippen molar-refractivity contribution in [2.45, 2.75) is 13.3 Å². The zero-order valence-electron chi connectivity index (χ0n) is 14.3. The van der Waals surface area contributed by atoms with Crippen LogP contribution in [-0.2, 0) is 11.2 Å². The molecular weight excluding hydrogens is 352 g/mol. The van der Waals surface area contributed by atoms with Gasteiger partial charge in [0.25, 0.3) is 0 Å². The lowest BCUT2D eigenvalue weighted by molar-refractivity contribution is -0.129. The minimum absolute atomic E-state index is 0.0509. The number of amides is 1. The first-order valence-electron chi connectivity index (χ1n) is 8.02.